The first kappa shape index (κ1) is 13.6. The van der Waals surface area contributed by atoms with Crippen LogP contribution in [0.2, 0.25) is 0 Å². The van der Waals surface area contributed by atoms with Gasteiger partial charge in [0.15, 0.2) is 0 Å². The molecular weight excluding hydrogens is 244 g/mol. The highest BCUT2D eigenvalue weighted by atomic mass is 32.1. The van der Waals surface area contributed by atoms with Crippen molar-refractivity contribution in [1.29, 1.82) is 0 Å². The van der Waals surface area contributed by atoms with Gasteiger partial charge >= 0.3 is 0 Å². The number of thiophene rings is 1. The molecule has 2 atom stereocenters. The molecule has 1 fully saturated rings. The van der Waals surface area contributed by atoms with Gasteiger partial charge in [-0.1, -0.05) is 26.2 Å². The molecule has 4 heteroatoms. The number of amides is 1. The van der Waals surface area contributed by atoms with Gasteiger partial charge in [0, 0.05) is 12.1 Å². The molecule has 0 saturated heterocycles. The monoisotopic (exact) mass is 266 g/mol. The Labute approximate surface area is 113 Å². The molecule has 18 heavy (non-hydrogen) atoms. The molecule has 2 rings (SSSR count). The lowest BCUT2D eigenvalue weighted by Crippen LogP contribution is -2.46. The fraction of sp³-hybridized carbons (Fsp3) is 0.643. The van der Waals surface area contributed by atoms with Crippen LogP contribution in [0.3, 0.4) is 0 Å². The largest absolute Gasteiger partial charge is 0.347 e. The third kappa shape index (κ3) is 3.12. The molecule has 1 aromatic heterocycles. The minimum Gasteiger partial charge on any atom is -0.347 e. The topological polar surface area (TPSA) is 55.1 Å². The normalized spacial score (nSPS) is 24.6. The van der Waals surface area contributed by atoms with Crippen LogP contribution in [-0.2, 0) is 6.42 Å². The second-order valence-electron chi connectivity index (χ2n) is 5.01. The maximum absolute atomic E-state index is 12.3. The predicted molar refractivity (Wildman–Crippen MR) is 76.0 cm³/mol. The minimum atomic E-state index is 0.0594. The van der Waals surface area contributed by atoms with Crippen molar-refractivity contribution >= 4 is 17.2 Å². The van der Waals surface area contributed by atoms with Crippen LogP contribution in [0.25, 0.3) is 0 Å². The molecular formula is C14H22N2OS. The van der Waals surface area contributed by atoms with Crippen molar-refractivity contribution in [2.24, 2.45) is 5.73 Å². The maximum atomic E-state index is 12.3. The smallest absolute Gasteiger partial charge is 0.261 e. The van der Waals surface area contributed by atoms with Crippen LogP contribution in [0.4, 0.5) is 0 Å². The Morgan fingerprint density at radius 3 is 3.00 bits per heavy atom. The van der Waals surface area contributed by atoms with Gasteiger partial charge in [0.2, 0.25) is 0 Å². The zero-order valence-corrected chi connectivity index (χ0v) is 11.8. The van der Waals surface area contributed by atoms with Crippen LogP contribution in [0.1, 0.15) is 54.3 Å². The minimum absolute atomic E-state index is 0.0594. The maximum Gasteiger partial charge on any atom is 0.261 e. The van der Waals surface area contributed by atoms with Gasteiger partial charge in [0.05, 0.1) is 4.88 Å². The summed E-state index contributed by atoms with van der Waals surface area (Å²) in [5, 5.41) is 5.12. The molecule has 2 unspecified atom stereocenters. The fourth-order valence-corrected chi connectivity index (χ4v) is 3.46. The van der Waals surface area contributed by atoms with E-state index in [1.54, 1.807) is 0 Å². The van der Waals surface area contributed by atoms with Gasteiger partial charge in [-0.05, 0) is 36.3 Å². The predicted octanol–water partition coefficient (Wildman–Crippen LogP) is 2.70. The SMILES string of the molecule is CCc1ccsc1C(=O)NC1CCCCCC1N. The third-order valence-electron chi connectivity index (χ3n) is 3.72. The summed E-state index contributed by atoms with van der Waals surface area (Å²) in [6.45, 7) is 2.08. The summed E-state index contributed by atoms with van der Waals surface area (Å²) in [4.78, 5) is 13.1. The van der Waals surface area contributed by atoms with E-state index in [9.17, 15) is 4.79 Å². The van der Waals surface area contributed by atoms with Crippen LogP contribution in [0, 0.1) is 0 Å². The molecule has 1 amide bonds. The van der Waals surface area contributed by atoms with E-state index in [1.165, 1.54) is 30.6 Å². The lowest BCUT2D eigenvalue weighted by Gasteiger charge is -2.22. The van der Waals surface area contributed by atoms with Gasteiger partial charge in [-0.2, -0.15) is 0 Å². The van der Waals surface area contributed by atoms with Gasteiger partial charge in [-0.15, -0.1) is 11.3 Å². The van der Waals surface area contributed by atoms with E-state index in [0.29, 0.717) is 0 Å². The van der Waals surface area contributed by atoms with Crippen LogP contribution in [0.5, 0.6) is 0 Å². The molecule has 0 radical (unpaired) electrons. The molecule has 1 aliphatic rings. The van der Waals surface area contributed by atoms with E-state index >= 15 is 0 Å². The first-order chi connectivity index (χ1) is 8.72. The van der Waals surface area contributed by atoms with Crippen LogP contribution < -0.4 is 11.1 Å². The van der Waals surface area contributed by atoms with Crippen molar-refractivity contribution in [3.63, 3.8) is 0 Å². The molecule has 0 aromatic carbocycles. The summed E-state index contributed by atoms with van der Waals surface area (Å²) in [6, 6.07) is 2.29. The summed E-state index contributed by atoms with van der Waals surface area (Å²) in [5.74, 6) is 0.0594. The summed E-state index contributed by atoms with van der Waals surface area (Å²) in [5.41, 5.74) is 7.28. The molecule has 100 valence electrons. The molecule has 0 bridgehead atoms. The van der Waals surface area contributed by atoms with Gasteiger partial charge in [0.25, 0.3) is 5.91 Å². The molecule has 3 N–H and O–H groups in total. The first-order valence-electron chi connectivity index (χ1n) is 6.85. The Hall–Kier alpha value is -0.870. The number of carbonyl (C=O) groups is 1. The summed E-state index contributed by atoms with van der Waals surface area (Å²) in [7, 11) is 0. The lowest BCUT2D eigenvalue weighted by molar-refractivity contribution is 0.0932. The van der Waals surface area contributed by atoms with E-state index < -0.39 is 0 Å². The average Bonchev–Trinajstić information content (AvgIpc) is 2.76. The Morgan fingerprint density at radius 1 is 1.44 bits per heavy atom. The standard InChI is InChI=1S/C14H22N2OS/c1-2-10-8-9-18-13(10)14(17)16-12-7-5-3-4-6-11(12)15/h8-9,11-12H,2-7,15H2,1H3,(H,16,17). The molecule has 1 heterocycles. The fourth-order valence-electron chi connectivity index (χ4n) is 2.56. The van der Waals surface area contributed by atoms with Gasteiger partial charge in [0.1, 0.15) is 0 Å². The van der Waals surface area contributed by atoms with E-state index in [-0.39, 0.29) is 18.0 Å². The number of hydrogen-bond acceptors (Lipinski definition) is 3. The quantitative estimate of drug-likeness (QED) is 0.826. The Balaban J connectivity index is 2.01. The second kappa shape index (κ2) is 6.34. The van der Waals surface area contributed by atoms with Crippen molar-refractivity contribution in [3.05, 3.63) is 21.9 Å². The van der Waals surface area contributed by atoms with Crippen molar-refractivity contribution in [3.8, 4) is 0 Å². The molecule has 1 aliphatic carbocycles. The Morgan fingerprint density at radius 2 is 2.22 bits per heavy atom. The zero-order chi connectivity index (χ0) is 13.0. The average molecular weight is 266 g/mol. The van der Waals surface area contributed by atoms with Crippen molar-refractivity contribution in [2.45, 2.75) is 57.5 Å². The van der Waals surface area contributed by atoms with Crippen molar-refractivity contribution < 1.29 is 4.79 Å². The summed E-state index contributed by atoms with van der Waals surface area (Å²) < 4.78 is 0. The molecule has 0 aliphatic heterocycles. The Kier molecular flexibility index (Phi) is 4.78. The second-order valence-corrected chi connectivity index (χ2v) is 5.93. The number of aryl methyl sites for hydroxylation is 1. The van der Waals surface area contributed by atoms with E-state index in [4.69, 9.17) is 5.73 Å². The molecule has 1 saturated carbocycles. The number of carbonyl (C=O) groups excluding carboxylic acids is 1. The van der Waals surface area contributed by atoms with Crippen LogP contribution in [-0.4, -0.2) is 18.0 Å². The third-order valence-corrected chi connectivity index (χ3v) is 4.68. The summed E-state index contributed by atoms with van der Waals surface area (Å²) >= 11 is 1.52. The van der Waals surface area contributed by atoms with Gasteiger partial charge in [-0.3, -0.25) is 4.79 Å². The molecule has 1 aromatic rings. The van der Waals surface area contributed by atoms with E-state index in [0.717, 1.165) is 29.7 Å². The van der Waals surface area contributed by atoms with Crippen LogP contribution >= 0.6 is 11.3 Å². The highest BCUT2D eigenvalue weighted by Gasteiger charge is 2.23. The summed E-state index contributed by atoms with van der Waals surface area (Å²) in [6.07, 6.45) is 6.54. The van der Waals surface area contributed by atoms with Gasteiger partial charge in [-0.25, -0.2) is 0 Å². The number of rotatable bonds is 3. The van der Waals surface area contributed by atoms with Crippen LogP contribution in [0.15, 0.2) is 11.4 Å². The number of hydrogen-bond donors (Lipinski definition) is 2. The highest BCUT2D eigenvalue weighted by Crippen LogP contribution is 2.20. The van der Waals surface area contributed by atoms with Gasteiger partial charge < -0.3 is 11.1 Å². The number of nitrogens with two attached hydrogens (primary N) is 1. The highest BCUT2D eigenvalue weighted by molar-refractivity contribution is 7.12. The van der Waals surface area contributed by atoms with Crippen molar-refractivity contribution in [1.82, 2.24) is 5.32 Å². The first-order valence-corrected chi connectivity index (χ1v) is 7.73. The Bertz CT molecular complexity index is 402. The lowest BCUT2D eigenvalue weighted by atomic mass is 10.0. The molecule has 3 nitrogen and oxygen atoms in total. The van der Waals surface area contributed by atoms with Crippen molar-refractivity contribution in [2.75, 3.05) is 0 Å². The zero-order valence-electron chi connectivity index (χ0n) is 10.9. The number of nitrogens with one attached hydrogen (secondary N) is 1. The van der Waals surface area contributed by atoms with E-state index in [2.05, 4.69) is 12.2 Å². The molecule has 0 spiro atoms. The van der Waals surface area contributed by atoms with E-state index in [1.807, 2.05) is 11.4 Å².